The summed E-state index contributed by atoms with van der Waals surface area (Å²) in [6, 6.07) is 0. The van der Waals surface area contributed by atoms with Gasteiger partial charge >= 0.3 is 5.97 Å². The van der Waals surface area contributed by atoms with Gasteiger partial charge in [-0.05, 0) is 51.6 Å². The van der Waals surface area contributed by atoms with Crippen molar-refractivity contribution in [3.63, 3.8) is 0 Å². The first-order chi connectivity index (χ1) is 12.1. The standard InChI is InChI=1S/C19H36N4O2/c1-4-25-18(24)17-9-8-12-23(15-17)19(20-3)21-13-16(2)14-22-10-6-5-7-11-22/h16-17H,4-15H2,1-3H3,(H,20,21). The van der Waals surface area contributed by atoms with Crippen LogP contribution in [0.25, 0.3) is 0 Å². The maximum absolute atomic E-state index is 12.0. The van der Waals surface area contributed by atoms with Crippen LogP contribution in [0.5, 0.6) is 0 Å². The first kappa shape index (κ1) is 20.0. The zero-order chi connectivity index (χ0) is 18.1. The van der Waals surface area contributed by atoms with E-state index in [1.807, 2.05) is 14.0 Å². The molecule has 25 heavy (non-hydrogen) atoms. The number of hydrogen-bond acceptors (Lipinski definition) is 4. The quantitative estimate of drug-likeness (QED) is 0.450. The molecule has 0 aromatic heterocycles. The highest BCUT2D eigenvalue weighted by molar-refractivity contribution is 5.81. The van der Waals surface area contributed by atoms with E-state index in [1.165, 1.54) is 32.4 Å². The molecule has 6 nitrogen and oxygen atoms in total. The maximum atomic E-state index is 12.0. The summed E-state index contributed by atoms with van der Waals surface area (Å²) in [5, 5.41) is 3.52. The van der Waals surface area contributed by atoms with Crippen molar-refractivity contribution < 1.29 is 9.53 Å². The lowest BCUT2D eigenvalue weighted by molar-refractivity contribution is -0.149. The SMILES string of the molecule is CCOC(=O)C1CCCN(C(=NC)NCC(C)CN2CCCCC2)C1. The van der Waals surface area contributed by atoms with E-state index in [2.05, 4.69) is 27.0 Å². The molecule has 0 aromatic rings. The zero-order valence-electron chi connectivity index (χ0n) is 16.3. The molecule has 2 aliphatic rings. The number of piperidine rings is 2. The van der Waals surface area contributed by atoms with Crippen molar-refractivity contribution in [3.05, 3.63) is 0 Å². The number of likely N-dealkylation sites (tertiary alicyclic amines) is 2. The van der Waals surface area contributed by atoms with E-state index < -0.39 is 0 Å². The predicted molar refractivity (Wildman–Crippen MR) is 102 cm³/mol. The Balaban J connectivity index is 1.77. The van der Waals surface area contributed by atoms with Crippen LogP contribution < -0.4 is 5.32 Å². The number of nitrogens with zero attached hydrogens (tertiary/aromatic N) is 3. The van der Waals surface area contributed by atoms with Crippen LogP contribution >= 0.6 is 0 Å². The minimum absolute atomic E-state index is 0.0296. The van der Waals surface area contributed by atoms with Crippen LogP contribution in [0.3, 0.4) is 0 Å². The molecular weight excluding hydrogens is 316 g/mol. The summed E-state index contributed by atoms with van der Waals surface area (Å²) in [6.45, 7) is 10.8. The highest BCUT2D eigenvalue weighted by Gasteiger charge is 2.28. The molecule has 2 heterocycles. The van der Waals surface area contributed by atoms with Gasteiger partial charge in [0.15, 0.2) is 5.96 Å². The van der Waals surface area contributed by atoms with Gasteiger partial charge in [-0.25, -0.2) is 0 Å². The molecule has 2 unspecified atom stereocenters. The Morgan fingerprint density at radius 1 is 1.24 bits per heavy atom. The Hall–Kier alpha value is -1.30. The molecule has 0 amide bonds. The van der Waals surface area contributed by atoms with Gasteiger partial charge in [0.25, 0.3) is 0 Å². The number of nitrogens with one attached hydrogen (secondary N) is 1. The van der Waals surface area contributed by atoms with Crippen molar-refractivity contribution in [1.82, 2.24) is 15.1 Å². The number of aliphatic imine (C=N–C) groups is 1. The summed E-state index contributed by atoms with van der Waals surface area (Å²) in [5.74, 6) is 1.40. The van der Waals surface area contributed by atoms with Gasteiger partial charge in [-0.1, -0.05) is 13.3 Å². The van der Waals surface area contributed by atoms with Crippen molar-refractivity contribution in [2.24, 2.45) is 16.8 Å². The smallest absolute Gasteiger partial charge is 0.310 e. The summed E-state index contributed by atoms with van der Waals surface area (Å²) in [4.78, 5) is 21.3. The fourth-order valence-corrected chi connectivity index (χ4v) is 3.87. The van der Waals surface area contributed by atoms with Gasteiger partial charge in [-0.2, -0.15) is 0 Å². The van der Waals surface area contributed by atoms with E-state index in [0.717, 1.165) is 38.4 Å². The van der Waals surface area contributed by atoms with E-state index in [4.69, 9.17) is 4.74 Å². The van der Waals surface area contributed by atoms with E-state index in [0.29, 0.717) is 19.1 Å². The van der Waals surface area contributed by atoms with Crippen molar-refractivity contribution in [2.45, 2.75) is 46.0 Å². The van der Waals surface area contributed by atoms with Crippen LogP contribution in [0, 0.1) is 11.8 Å². The summed E-state index contributed by atoms with van der Waals surface area (Å²) in [5.41, 5.74) is 0. The summed E-state index contributed by atoms with van der Waals surface area (Å²) < 4.78 is 5.19. The molecule has 2 rings (SSSR count). The van der Waals surface area contributed by atoms with E-state index in [1.54, 1.807) is 0 Å². The lowest BCUT2D eigenvalue weighted by atomic mass is 9.98. The maximum Gasteiger partial charge on any atom is 0.310 e. The minimum Gasteiger partial charge on any atom is -0.466 e. The van der Waals surface area contributed by atoms with Crippen molar-refractivity contribution in [2.75, 3.05) is 52.9 Å². The molecule has 2 aliphatic heterocycles. The average Bonchev–Trinajstić information content (AvgIpc) is 2.63. The fraction of sp³-hybridized carbons (Fsp3) is 0.895. The Morgan fingerprint density at radius 3 is 2.68 bits per heavy atom. The molecular formula is C19H36N4O2. The van der Waals surface area contributed by atoms with E-state index >= 15 is 0 Å². The third kappa shape index (κ3) is 6.49. The van der Waals surface area contributed by atoms with E-state index in [9.17, 15) is 4.79 Å². The molecule has 0 aromatic carbocycles. The summed E-state index contributed by atoms with van der Waals surface area (Å²) in [7, 11) is 1.83. The average molecular weight is 353 g/mol. The number of rotatable bonds is 6. The van der Waals surface area contributed by atoms with Crippen LogP contribution in [-0.2, 0) is 9.53 Å². The molecule has 144 valence electrons. The number of carbonyl (C=O) groups is 1. The highest BCUT2D eigenvalue weighted by Crippen LogP contribution is 2.18. The van der Waals surface area contributed by atoms with Crippen molar-refractivity contribution in [3.8, 4) is 0 Å². The van der Waals surface area contributed by atoms with Crippen LogP contribution in [-0.4, -0.2) is 74.7 Å². The molecule has 0 spiro atoms. The van der Waals surface area contributed by atoms with Crippen LogP contribution in [0.15, 0.2) is 4.99 Å². The van der Waals surface area contributed by atoms with Crippen LogP contribution in [0.4, 0.5) is 0 Å². The molecule has 6 heteroatoms. The Bertz CT molecular complexity index is 435. The Kier molecular flexibility index (Phi) is 8.52. The molecule has 2 fully saturated rings. The minimum atomic E-state index is -0.0684. The Labute approximate surface area is 153 Å². The third-order valence-corrected chi connectivity index (χ3v) is 5.18. The predicted octanol–water partition coefficient (Wildman–Crippen LogP) is 1.96. The normalized spacial score (nSPS) is 24.0. The zero-order valence-corrected chi connectivity index (χ0v) is 16.3. The highest BCUT2D eigenvalue weighted by atomic mass is 16.5. The molecule has 0 radical (unpaired) electrons. The fourth-order valence-electron chi connectivity index (χ4n) is 3.87. The van der Waals surface area contributed by atoms with E-state index in [-0.39, 0.29) is 11.9 Å². The van der Waals surface area contributed by atoms with Gasteiger partial charge in [0.2, 0.25) is 0 Å². The van der Waals surface area contributed by atoms with Crippen molar-refractivity contribution in [1.29, 1.82) is 0 Å². The molecule has 2 saturated heterocycles. The number of carbonyl (C=O) groups excluding carboxylic acids is 1. The second-order valence-corrected chi connectivity index (χ2v) is 7.43. The molecule has 0 aliphatic carbocycles. The molecule has 2 atom stereocenters. The van der Waals surface area contributed by atoms with Crippen LogP contribution in [0.1, 0.15) is 46.0 Å². The van der Waals surface area contributed by atoms with Gasteiger partial charge in [0.05, 0.1) is 12.5 Å². The summed E-state index contributed by atoms with van der Waals surface area (Å²) >= 11 is 0. The first-order valence-electron chi connectivity index (χ1n) is 9.98. The monoisotopic (exact) mass is 352 g/mol. The second kappa shape index (κ2) is 10.6. The number of hydrogen-bond donors (Lipinski definition) is 1. The van der Waals surface area contributed by atoms with Gasteiger partial charge in [-0.3, -0.25) is 9.79 Å². The van der Waals surface area contributed by atoms with Gasteiger partial charge in [-0.15, -0.1) is 0 Å². The topological polar surface area (TPSA) is 57.2 Å². The number of ether oxygens (including phenoxy) is 1. The molecule has 1 N–H and O–H groups in total. The Morgan fingerprint density at radius 2 is 2.00 bits per heavy atom. The molecule has 0 saturated carbocycles. The van der Waals surface area contributed by atoms with Gasteiger partial charge in [0, 0.05) is 33.2 Å². The molecule has 0 bridgehead atoms. The van der Waals surface area contributed by atoms with Crippen LogP contribution in [0.2, 0.25) is 0 Å². The second-order valence-electron chi connectivity index (χ2n) is 7.43. The largest absolute Gasteiger partial charge is 0.466 e. The van der Waals surface area contributed by atoms with Gasteiger partial charge < -0.3 is 19.9 Å². The van der Waals surface area contributed by atoms with Gasteiger partial charge in [0.1, 0.15) is 0 Å². The number of guanidine groups is 1. The summed E-state index contributed by atoms with van der Waals surface area (Å²) in [6.07, 6.45) is 5.98. The number of esters is 1. The lowest BCUT2D eigenvalue weighted by Gasteiger charge is -2.35. The lowest BCUT2D eigenvalue weighted by Crippen LogP contribution is -2.49. The third-order valence-electron chi connectivity index (χ3n) is 5.18. The van der Waals surface area contributed by atoms with Crippen molar-refractivity contribution >= 4 is 11.9 Å². The first-order valence-corrected chi connectivity index (χ1v) is 9.98.